The quantitative estimate of drug-likeness (QED) is 0.399. The lowest BCUT2D eigenvalue weighted by atomic mass is 10.1. The first-order valence-corrected chi connectivity index (χ1v) is 8.04. The predicted octanol–water partition coefficient (Wildman–Crippen LogP) is 1.45. The third kappa shape index (κ3) is 3.52. The van der Waals surface area contributed by atoms with Crippen LogP contribution in [0.5, 0.6) is 0 Å². The number of carbonyl (C=O) groups is 1. The SMILES string of the molecule is CSC(=S)/C(=C(/[O-])c1ccccc1)[n+]1cccc(C(N)=O)c1. The molecule has 0 aliphatic heterocycles. The van der Waals surface area contributed by atoms with Gasteiger partial charge in [-0.15, -0.1) is 11.8 Å². The molecule has 112 valence electrons. The molecule has 6 heteroatoms. The molecule has 0 fully saturated rings. The van der Waals surface area contributed by atoms with Crippen LogP contribution in [0.4, 0.5) is 0 Å². The minimum Gasteiger partial charge on any atom is -0.868 e. The molecule has 0 saturated carbocycles. The Hall–Kier alpha value is -2.18. The van der Waals surface area contributed by atoms with E-state index in [-0.39, 0.29) is 5.76 Å². The van der Waals surface area contributed by atoms with Gasteiger partial charge in [0, 0.05) is 6.07 Å². The summed E-state index contributed by atoms with van der Waals surface area (Å²) >= 11 is 6.61. The Morgan fingerprint density at radius 1 is 1.18 bits per heavy atom. The van der Waals surface area contributed by atoms with Crippen LogP contribution >= 0.6 is 24.0 Å². The van der Waals surface area contributed by atoms with E-state index in [1.807, 2.05) is 6.07 Å². The van der Waals surface area contributed by atoms with E-state index in [0.717, 1.165) is 0 Å². The van der Waals surface area contributed by atoms with Gasteiger partial charge in [0.2, 0.25) is 5.70 Å². The highest BCUT2D eigenvalue weighted by molar-refractivity contribution is 8.23. The van der Waals surface area contributed by atoms with Crippen molar-refractivity contribution in [1.29, 1.82) is 0 Å². The first kappa shape index (κ1) is 16.2. The van der Waals surface area contributed by atoms with Crippen molar-refractivity contribution in [3.05, 3.63) is 66.0 Å². The molecule has 2 aromatic rings. The number of rotatable bonds is 4. The number of aromatic nitrogens is 1. The third-order valence-electron chi connectivity index (χ3n) is 2.97. The number of thioether (sulfide) groups is 1. The first-order valence-electron chi connectivity index (χ1n) is 6.41. The van der Waals surface area contributed by atoms with Crippen molar-refractivity contribution in [1.82, 2.24) is 0 Å². The Labute approximate surface area is 138 Å². The molecule has 0 bridgehead atoms. The molecule has 0 atom stereocenters. The number of thiocarbonyl (C=S) groups is 1. The average molecular weight is 330 g/mol. The zero-order valence-corrected chi connectivity index (χ0v) is 13.5. The molecule has 2 N–H and O–H groups in total. The van der Waals surface area contributed by atoms with Crippen molar-refractivity contribution in [2.24, 2.45) is 5.73 Å². The number of nitrogens with two attached hydrogens (primary N) is 1. The smallest absolute Gasteiger partial charge is 0.254 e. The van der Waals surface area contributed by atoms with Crippen LogP contribution in [-0.2, 0) is 0 Å². The van der Waals surface area contributed by atoms with Crippen molar-refractivity contribution in [3.8, 4) is 0 Å². The van der Waals surface area contributed by atoms with Gasteiger partial charge in [0.1, 0.15) is 9.76 Å². The fourth-order valence-corrected chi connectivity index (χ4v) is 2.49. The summed E-state index contributed by atoms with van der Waals surface area (Å²) in [6.45, 7) is 0. The van der Waals surface area contributed by atoms with Crippen molar-refractivity contribution in [2.45, 2.75) is 0 Å². The highest BCUT2D eigenvalue weighted by Gasteiger charge is 2.19. The number of amides is 1. The van der Waals surface area contributed by atoms with Crippen LogP contribution in [0.1, 0.15) is 15.9 Å². The molecule has 1 amide bonds. The summed E-state index contributed by atoms with van der Waals surface area (Å²) in [6.07, 6.45) is 4.99. The number of nitrogens with zero attached hydrogens (tertiary/aromatic N) is 1. The maximum atomic E-state index is 12.8. The second-order valence-corrected chi connectivity index (χ2v) is 5.88. The van der Waals surface area contributed by atoms with Gasteiger partial charge in [0.15, 0.2) is 12.4 Å². The number of carbonyl (C=O) groups excluding carboxylic acids is 1. The van der Waals surface area contributed by atoms with Crippen LogP contribution in [-0.4, -0.2) is 16.4 Å². The van der Waals surface area contributed by atoms with E-state index in [9.17, 15) is 9.90 Å². The van der Waals surface area contributed by atoms with E-state index in [2.05, 4.69) is 0 Å². The lowest BCUT2D eigenvalue weighted by molar-refractivity contribution is -0.577. The fourth-order valence-electron chi connectivity index (χ4n) is 1.90. The molecule has 2 rings (SSSR count). The summed E-state index contributed by atoms with van der Waals surface area (Å²) in [7, 11) is 0. The van der Waals surface area contributed by atoms with E-state index < -0.39 is 5.91 Å². The van der Waals surface area contributed by atoms with Gasteiger partial charge >= 0.3 is 0 Å². The summed E-state index contributed by atoms with van der Waals surface area (Å²) in [6, 6.07) is 12.1. The lowest BCUT2D eigenvalue weighted by Crippen LogP contribution is -2.38. The van der Waals surface area contributed by atoms with E-state index in [0.29, 0.717) is 21.0 Å². The van der Waals surface area contributed by atoms with Crippen LogP contribution < -0.4 is 15.4 Å². The summed E-state index contributed by atoms with van der Waals surface area (Å²) in [4.78, 5) is 11.3. The molecule has 0 spiro atoms. The van der Waals surface area contributed by atoms with E-state index in [1.165, 1.54) is 18.0 Å². The second kappa shape index (κ2) is 7.20. The summed E-state index contributed by atoms with van der Waals surface area (Å²) < 4.78 is 1.99. The zero-order valence-electron chi connectivity index (χ0n) is 11.9. The Bertz CT molecular complexity index is 743. The maximum absolute atomic E-state index is 12.8. The number of hydrogen-bond donors (Lipinski definition) is 1. The van der Waals surface area contributed by atoms with Crippen molar-refractivity contribution in [2.75, 3.05) is 6.26 Å². The predicted molar refractivity (Wildman–Crippen MR) is 90.8 cm³/mol. The number of pyridine rings is 1. The second-order valence-electron chi connectivity index (χ2n) is 4.40. The molecule has 0 radical (unpaired) electrons. The van der Waals surface area contributed by atoms with Crippen molar-refractivity contribution in [3.63, 3.8) is 0 Å². The molecule has 1 heterocycles. The lowest BCUT2D eigenvalue weighted by Gasteiger charge is -2.15. The maximum Gasteiger partial charge on any atom is 0.254 e. The molecular weight excluding hydrogens is 316 g/mol. The molecule has 4 nitrogen and oxygen atoms in total. The minimum atomic E-state index is -0.559. The van der Waals surface area contributed by atoms with Crippen LogP contribution in [0.15, 0.2) is 54.9 Å². The molecule has 0 saturated heterocycles. The number of primary amides is 1. The van der Waals surface area contributed by atoms with Gasteiger partial charge in [0.05, 0.1) is 0 Å². The van der Waals surface area contributed by atoms with Crippen molar-refractivity contribution >= 4 is 45.5 Å². The molecular formula is C16H14N2O2S2. The van der Waals surface area contributed by atoms with E-state index in [1.54, 1.807) is 53.4 Å². The van der Waals surface area contributed by atoms with Gasteiger partial charge in [-0.2, -0.15) is 4.57 Å². The van der Waals surface area contributed by atoms with Gasteiger partial charge in [-0.1, -0.05) is 42.5 Å². The number of hydrogen-bond acceptors (Lipinski definition) is 4. The zero-order chi connectivity index (χ0) is 16.1. The molecule has 0 aliphatic carbocycles. The monoisotopic (exact) mass is 330 g/mol. The summed E-state index contributed by atoms with van der Waals surface area (Å²) in [5.41, 5.74) is 6.47. The molecule has 1 aromatic heterocycles. The van der Waals surface area contributed by atoms with E-state index >= 15 is 0 Å². The summed E-state index contributed by atoms with van der Waals surface area (Å²) in [5, 5.41) is 12.8. The van der Waals surface area contributed by atoms with Gasteiger partial charge < -0.3 is 10.8 Å². The van der Waals surface area contributed by atoms with Crippen LogP contribution in [0.2, 0.25) is 0 Å². The van der Waals surface area contributed by atoms with E-state index in [4.69, 9.17) is 18.0 Å². The molecule has 0 unspecified atom stereocenters. The Kier molecular flexibility index (Phi) is 5.30. The molecule has 22 heavy (non-hydrogen) atoms. The third-order valence-corrected chi connectivity index (χ3v) is 4.23. The normalized spacial score (nSPS) is 11.7. The van der Waals surface area contributed by atoms with Crippen LogP contribution in [0, 0.1) is 0 Å². The Balaban J connectivity index is 2.64. The molecule has 1 aromatic carbocycles. The average Bonchev–Trinajstić information content (AvgIpc) is 2.55. The largest absolute Gasteiger partial charge is 0.868 e. The first-order chi connectivity index (χ1) is 10.5. The van der Waals surface area contributed by atoms with Crippen molar-refractivity contribution < 1.29 is 14.5 Å². The minimum absolute atomic E-state index is 0.202. The van der Waals surface area contributed by atoms with Gasteiger partial charge in [0.25, 0.3) is 5.91 Å². The Morgan fingerprint density at radius 3 is 2.41 bits per heavy atom. The van der Waals surface area contributed by atoms with Crippen LogP contribution in [0.3, 0.4) is 0 Å². The van der Waals surface area contributed by atoms with Gasteiger partial charge in [-0.05, 0) is 23.6 Å². The molecule has 0 aliphatic rings. The topological polar surface area (TPSA) is 70.0 Å². The fraction of sp³-hybridized carbons (Fsp3) is 0.0625. The highest BCUT2D eigenvalue weighted by atomic mass is 32.2. The standard InChI is InChI=1S/C16H14N2O2S2/c1-22-16(21)13(14(19)11-6-3-2-4-7-11)18-9-5-8-12(10-18)15(17)20/h2-10H,1H3,(H2-,17,19,20,21). The Morgan fingerprint density at radius 2 is 1.82 bits per heavy atom. The van der Waals surface area contributed by atoms with Gasteiger partial charge in [-0.3, -0.25) is 4.79 Å². The van der Waals surface area contributed by atoms with Gasteiger partial charge in [-0.25, -0.2) is 0 Å². The number of benzene rings is 1. The summed E-state index contributed by atoms with van der Waals surface area (Å²) in [5.74, 6) is -0.762. The van der Waals surface area contributed by atoms with Crippen LogP contribution in [0.25, 0.3) is 11.5 Å². The highest BCUT2D eigenvalue weighted by Crippen LogP contribution is 2.19.